The second-order valence-corrected chi connectivity index (χ2v) is 9.68. The molecule has 2 aromatic carbocycles. The van der Waals surface area contributed by atoms with E-state index in [1.807, 2.05) is 44.2 Å². The molecular weight excluding hydrogens is 406 g/mol. The van der Waals surface area contributed by atoms with E-state index in [0.717, 1.165) is 4.88 Å². The van der Waals surface area contributed by atoms with Crippen molar-refractivity contribution in [3.05, 3.63) is 65.0 Å². The van der Waals surface area contributed by atoms with Crippen molar-refractivity contribution in [2.45, 2.75) is 24.5 Å². The number of para-hydroxylation sites is 2. The lowest BCUT2D eigenvalue weighted by molar-refractivity contribution is 0.0991. The van der Waals surface area contributed by atoms with Crippen molar-refractivity contribution in [2.24, 2.45) is 0 Å². The lowest BCUT2D eigenvalue weighted by atomic mass is 10.1. The monoisotopic (exact) mass is 427 g/mol. The van der Waals surface area contributed by atoms with Crippen LogP contribution in [0.1, 0.15) is 29.1 Å². The van der Waals surface area contributed by atoms with Gasteiger partial charge in [-0.3, -0.25) is 4.79 Å². The third-order valence-corrected chi connectivity index (χ3v) is 7.77. The van der Waals surface area contributed by atoms with Crippen molar-refractivity contribution >= 4 is 32.8 Å². The molecule has 0 radical (unpaired) electrons. The maximum absolute atomic E-state index is 13.4. The van der Waals surface area contributed by atoms with Gasteiger partial charge < -0.3 is 9.64 Å². The first kappa shape index (κ1) is 19.7. The molecule has 150 valence electrons. The van der Waals surface area contributed by atoms with Crippen LogP contribution in [-0.2, 0) is 15.6 Å². The van der Waals surface area contributed by atoms with Gasteiger partial charge in [-0.2, -0.15) is 0 Å². The van der Waals surface area contributed by atoms with Crippen LogP contribution < -0.4 is 9.64 Å². The van der Waals surface area contributed by atoms with Gasteiger partial charge in [0.05, 0.1) is 27.8 Å². The molecule has 0 aliphatic carbocycles. The van der Waals surface area contributed by atoms with E-state index in [-0.39, 0.29) is 11.7 Å². The molecule has 0 unspecified atom stereocenters. The lowest BCUT2D eigenvalue weighted by Gasteiger charge is -2.23. The number of benzene rings is 2. The van der Waals surface area contributed by atoms with E-state index in [1.54, 1.807) is 29.2 Å². The number of hydrogen-bond donors (Lipinski definition) is 0. The molecule has 4 rings (SSSR count). The molecule has 1 amide bonds. The Morgan fingerprint density at radius 1 is 1.10 bits per heavy atom. The first-order chi connectivity index (χ1) is 14.0. The number of fused-ring (bicyclic) bond motifs is 3. The topological polar surface area (TPSA) is 63.7 Å². The largest absolute Gasteiger partial charge is 0.492 e. The third kappa shape index (κ3) is 3.45. The fraction of sp³-hybridized carbons (Fsp3) is 0.227. The molecule has 0 spiro atoms. The molecular formula is C22H21NO4S2. The summed E-state index contributed by atoms with van der Waals surface area (Å²) >= 11 is 1.35. The van der Waals surface area contributed by atoms with Crippen molar-refractivity contribution in [2.75, 3.05) is 18.1 Å². The van der Waals surface area contributed by atoms with E-state index >= 15 is 0 Å². The number of hydrogen-bond acceptors (Lipinski definition) is 5. The highest BCUT2D eigenvalue weighted by Crippen LogP contribution is 2.43. The lowest BCUT2D eigenvalue weighted by Crippen LogP contribution is -2.30. The minimum absolute atomic E-state index is 0.0786. The Morgan fingerprint density at radius 3 is 2.59 bits per heavy atom. The number of anilines is 1. The van der Waals surface area contributed by atoms with Gasteiger partial charge in [-0.05, 0) is 43.7 Å². The summed E-state index contributed by atoms with van der Waals surface area (Å²) in [5.41, 5.74) is 2.07. The van der Waals surface area contributed by atoms with Gasteiger partial charge in [0.1, 0.15) is 5.75 Å². The summed E-state index contributed by atoms with van der Waals surface area (Å²) in [6.45, 7) is 4.79. The van der Waals surface area contributed by atoms with Crippen molar-refractivity contribution in [3.63, 3.8) is 0 Å². The highest BCUT2D eigenvalue weighted by atomic mass is 32.2. The molecule has 3 aromatic rings. The standard InChI is InChI=1S/C22H21NO4S2/c1-3-23(17-10-6-7-11-18(17)27-4-2)22(24)19-13-15-14-29(25,26)20-12-8-5-9-16(20)21(15)28-19/h5-13H,3-4,14H2,1-2H3. The number of amides is 1. The zero-order chi connectivity index (χ0) is 20.6. The Morgan fingerprint density at radius 2 is 1.83 bits per heavy atom. The summed E-state index contributed by atoms with van der Waals surface area (Å²) in [6, 6.07) is 16.2. The van der Waals surface area contributed by atoms with E-state index < -0.39 is 9.84 Å². The van der Waals surface area contributed by atoms with Gasteiger partial charge in [0.15, 0.2) is 9.84 Å². The molecule has 0 saturated heterocycles. The van der Waals surface area contributed by atoms with Crippen LogP contribution in [0.2, 0.25) is 0 Å². The molecule has 1 aromatic heterocycles. The SMILES string of the molecule is CCOc1ccccc1N(CC)C(=O)c1cc2c(s1)-c1ccccc1S(=O)(=O)C2. The summed E-state index contributed by atoms with van der Waals surface area (Å²) in [4.78, 5) is 16.7. The molecule has 0 fully saturated rings. The number of rotatable bonds is 5. The van der Waals surface area contributed by atoms with E-state index in [9.17, 15) is 13.2 Å². The predicted octanol–water partition coefficient (Wildman–Crippen LogP) is 4.77. The zero-order valence-electron chi connectivity index (χ0n) is 16.2. The molecule has 0 atom stereocenters. The highest BCUT2D eigenvalue weighted by Gasteiger charge is 2.31. The highest BCUT2D eigenvalue weighted by molar-refractivity contribution is 7.91. The van der Waals surface area contributed by atoms with Crippen LogP contribution in [-0.4, -0.2) is 27.5 Å². The van der Waals surface area contributed by atoms with Gasteiger partial charge in [-0.15, -0.1) is 11.3 Å². The van der Waals surface area contributed by atoms with E-state index in [0.29, 0.717) is 45.5 Å². The quantitative estimate of drug-likeness (QED) is 0.588. The smallest absolute Gasteiger partial charge is 0.268 e. The number of sulfone groups is 1. The fourth-order valence-corrected chi connectivity index (χ4v) is 6.50. The van der Waals surface area contributed by atoms with Gasteiger partial charge in [0.25, 0.3) is 5.91 Å². The van der Waals surface area contributed by atoms with Crippen LogP contribution in [0.15, 0.2) is 59.5 Å². The second-order valence-electron chi connectivity index (χ2n) is 6.67. The Labute approximate surface area is 174 Å². The van der Waals surface area contributed by atoms with Gasteiger partial charge in [-0.25, -0.2) is 8.42 Å². The van der Waals surface area contributed by atoms with Gasteiger partial charge >= 0.3 is 0 Å². The molecule has 0 N–H and O–H groups in total. The number of carbonyl (C=O) groups is 1. The summed E-state index contributed by atoms with van der Waals surface area (Å²) in [6.07, 6.45) is 0. The Kier molecular flexibility index (Phi) is 5.19. The number of ether oxygens (including phenoxy) is 1. The Balaban J connectivity index is 1.76. The maximum atomic E-state index is 13.4. The summed E-state index contributed by atoms with van der Waals surface area (Å²) in [7, 11) is -3.40. The van der Waals surface area contributed by atoms with Crippen LogP contribution in [0.25, 0.3) is 10.4 Å². The van der Waals surface area contributed by atoms with Crippen LogP contribution in [0.5, 0.6) is 5.75 Å². The average molecular weight is 428 g/mol. The summed E-state index contributed by atoms with van der Waals surface area (Å²) < 4.78 is 31.0. The van der Waals surface area contributed by atoms with Gasteiger partial charge in [0, 0.05) is 17.0 Å². The van der Waals surface area contributed by atoms with Crippen LogP contribution >= 0.6 is 11.3 Å². The van der Waals surface area contributed by atoms with Gasteiger partial charge in [-0.1, -0.05) is 30.3 Å². The first-order valence-electron chi connectivity index (χ1n) is 9.44. The van der Waals surface area contributed by atoms with Crippen molar-refractivity contribution in [3.8, 4) is 16.2 Å². The van der Waals surface area contributed by atoms with E-state index in [2.05, 4.69) is 0 Å². The molecule has 1 aliphatic rings. The normalized spacial score (nSPS) is 14.0. The molecule has 0 bridgehead atoms. The molecule has 1 aliphatic heterocycles. The van der Waals surface area contributed by atoms with Crippen molar-refractivity contribution in [1.29, 1.82) is 0 Å². The van der Waals surface area contributed by atoms with Crippen LogP contribution in [0.3, 0.4) is 0 Å². The maximum Gasteiger partial charge on any atom is 0.268 e. The number of nitrogens with zero attached hydrogens (tertiary/aromatic N) is 1. The molecule has 29 heavy (non-hydrogen) atoms. The Bertz CT molecular complexity index is 1180. The molecule has 7 heteroatoms. The van der Waals surface area contributed by atoms with Crippen molar-refractivity contribution in [1.82, 2.24) is 0 Å². The van der Waals surface area contributed by atoms with Crippen LogP contribution in [0.4, 0.5) is 5.69 Å². The minimum Gasteiger partial charge on any atom is -0.492 e. The third-order valence-electron chi connectivity index (χ3n) is 4.85. The Hall–Kier alpha value is -2.64. The number of carbonyl (C=O) groups excluding carboxylic acids is 1. The van der Waals surface area contributed by atoms with E-state index in [4.69, 9.17) is 4.74 Å². The number of thiophene rings is 1. The first-order valence-corrected chi connectivity index (χ1v) is 11.9. The molecule has 2 heterocycles. The predicted molar refractivity (Wildman–Crippen MR) is 116 cm³/mol. The molecule has 0 saturated carbocycles. The van der Waals surface area contributed by atoms with Crippen molar-refractivity contribution < 1.29 is 17.9 Å². The zero-order valence-corrected chi connectivity index (χ0v) is 17.8. The summed E-state index contributed by atoms with van der Waals surface area (Å²) in [5, 5.41) is 0. The summed E-state index contributed by atoms with van der Waals surface area (Å²) in [5.74, 6) is 0.415. The van der Waals surface area contributed by atoms with Crippen LogP contribution in [0, 0.1) is 0 Å². The fourth-order valence-electron chi connectivity index (χ4n) is 3.59. The van der Waals surface area contributed by atoms with E-state index in [1.165, 1.54) is 11.3 Å². The molecule has 5 nitrogen and oxygen atoms in total. The second kappa shape index (κ2) is 7.65. The minimum atomic E-state index is -3.40. The van der Waals surface area contributed by atoms with Gasteiger partial charge in [0.2, 0.25) is 0 Å². The average Bonchev–Trinajstić information content (AvgIpc) is 3.13.